The summed E-state index contributed by atoms with van der Waals surface area (Å²) >= 11 is 0. The van der Waals surface area contributed by atoms with E-state index < -0.39 is 5.97 Å². The number of nitrogens with one attached hydrogen (secondary N) is 2. The zero-order valence-electron chi connectivity index (χ0n) is 20.2. The van der Waals surface area contributed by atoms with Crippen LogP contribution in [0.5, 0.6) is 11.5 Å². The highest BCUT2D eigenvalue weighted by atomic mass is 16.5. The van der Waals surface area contributed by atoms with Gasteiger partial charge in [0.25, 0.3) is 5.56 Å². The lowest BCUT2D eigenvalue weighted by Crippen LogP contribution is -2.19. The summed E-state index contributed by atoms with van der Waals surface area (Å²) in [6, 6.07) is 11.1. The number of nitrogens with zero attached hydrogens (tertiary/aromatic N) is 3. The lowest BCUT2D eigenvalue weighted by atomic mass is 9.99. The number of carboxylic acid groups (broad SMARTS) is 1. The quantitative estimate of drug-likeness (QED) is 0.289. The molecular formula is C26H27N5O5. The molecule has 10 heteroatoms. The van der Waals surface area contributed by atoms with Gasteiger partial charge < -0.3 is 29.4 Å². The van der Waals surface area contributed by atoms with Gasteiger partial charge >= 0.3 is 5.97 Å². The van der Waals surface area contributed by atoms with E-state index >= 15 is 0 Å². The maximum absolute atomic E-state index is 12.4. The standard InChI is InChI=1S/C26H27N5O5/c1-4-35-21-14-17(7-8-18(21)24-29-25-23(26(34)30-24)27-15-28-25)19-13-16(6-10-22(32)33)5-9-20(19)36-12-11-31(2)3/h5-10,13-15H,4,11-12H2,1-3H3,(H,32,33)(H2,27,28,29,30,34)/b10-6+. The predicted molar refractivity (Wildman–Crippen MR) is 137 cm³/mol. The molecule has 0 fully saturated rings. The van der Waals surface area contributed by atoms with E-state index in [1.54, 1.807) is 6.07 Å². The number of aromatic nitrogens is 4. The van der Waals surface area contributed by atoms with Crippen LogP contribution in [-0.4, -0.2) is 69.8 Å². The third kappa shape index (κ3) is 5.61. The van der Waals surface area contributed by atoms with Crippen molar-refractivity contribution in [3.63, 3.8) is 0 Å². The van der Waals surface area contributed by atoms with E-state index in [0.717, 1.165) is 23.7 Å². The molecule has 2 aromatic carbocycles. The number of ether oxygens (including phenoxy) is 2. The topological polar surface area (TPSA) is 133 Å². The number of carboxylic acids is 1. The lowest BCUT2D eigenvalue weighted by Gasteiger charge is -2.17. The minimum atomic E-state index is -1.03. The Kier molecular flexibility index (Phi) is 7.45. The Bertz CT molecular complexity index is 1470. The van der Waals surface area contributed by atoms with Gasteiger partial charge in [0.1, 0.15) is 23.9 Å². The summed E-state index contributed by atoms with van der Waals surface area (Å²) in [5, 5.41) is 9.02. The number of aromatic amines is 2. The molecule has 2 heterocycles. The highest BCUT2D eigenvalue weighted by molar-refractivity contribution is 5.86. The molecule has 36 heavy (non-hydrogen) atoms. The molecule has 0 saturated carbocycles. The van der Waals surface area contributed by atoms with Crippen LogP contribution in [0.4, 0.5) is 0 Å². The van der Waals surface area contributed by atoms with Crippen molar-refractivity contribution in [2.24, 2.45) is 0 Å². The van der Waals surface area contributed by atoms with Crippen LogP contribution < -0.4 is 15.0 Å². The van der Waals surface area contributed by atoms with Crippen molar-refractivity contribution in [1.82, 2.24) is 24.8 Å². The van der Waals surface area contributed by atoms with Gasteiger partial charge in [-0.1, -0.05) is 12.1 Å². The normalized spacial score (nSPS) is 11.4. The summed E-state index contributed by atoms with van der Waals surface area (Å²) in [7, 11) is 3.94. The zero-order chi connectivity index (χ0) is 25.7. The maximum atomic E-state index is 12.4. The molecule has 0 aliphatic carbocycles. The van der Waals surface area contributed by atoms with Crippen molar-refractivity contribution in [1.29, 1.82) is 0 Å². The van der Waals surface area contributed by atoms with E-state index in [-0.39, 0.29) is 11.1 Å². The fourth-order valence-corrected chi connectivity index (χ4v) is 3.64. The number of hydrogen-bond acceptors (Lipinski definition) is 7. The molecule has 0 atom stereocenters. The van der Waals surface area contributed by atoms with Crippen LogP contribution in [0, 0.1) is 0 Å². The van der Waals surface area contributed by atoms with Gasteiger partial charge in [0.2, 0.25) is 0 Å². The van der Waals surface area contributed by atoms with Gasteiger partial charge in [-0.15, -0.1) is 0 Å². The Morgan fingerprint density at radius 3 is 2.69 bits per heavy atom. The first-order valence-electron chi connectivity index (χ1n) is 11.4. The van der Waals surface area contributed by atoms with Gasteiger partial charge in [0.05, 0.1) is 18.5 Å². The molecular weight excluding hydrogens is 462 g/mol. The van der Waals surface area contributed by atoms with Crippen molar-refractivity contribution in [2.75, 3.05) is 33.9 Å². The average molecular weight is 490 g/mol. The fraction of sp³-hybridized carbons (Fsp3) is 0.231. The smallest absolute Gasteiger partial charge is 0.328 e. The second-order valence-corrected chi connectivity index (χ2v) is 8.24. The van der Waals surface area contributed by atoms with Crippen molar-refractivity contribution >= 4 is 23.2 Å². The number of fused-ring (bicyclic) bond motifs is 1. The number of likely N-dealkylation sites (N-methyl/N-ethyl adjacent to an activating group) is 1. The van der Waals surface area contributed by atoms with Crippen molar-refractivity contribution < 1.29 is 19.4 Å². The molecule has 4 rings (SSSR count). The molecule has 4 aromatic rings. The molecule has 0 spiro atoms. The van der Waals surface area contributed by atoms with Crippen LogP contribution in [0.15, 0.2) is 53.6 Å². The van der Waals surface area contributed by atoms with Gasteiger partial charge in [-0.25, -0.2) is 14.8 Å². The predicted octanol–water partition coefficient (Wildman–Crippen LogP) is 3.42. The minimum Gasteiger partial charge on any atom is -0.493 e. The summed E-state index contributed by atoms with van der Waals surface area (Å²) in [6.07, 6.45) is 4.04. The molecule has 186 valence electrons. The first kappa shape index (κ1) is 24.7. The van der Waals surface area contributed by atoms with Crippen LogP contribution in [0.25, 0.3) is 39.8 Å². The van der Waals surface area contributed by atoms with Crippen LogP contribution >= 0.6 is 0 Å². The van der Waals surface area contributed by atoms with Crippen molar-refractivity contribution in [3.05, 3.63) is 64.7 Å². The summed E-state index contributed by atoms with van der Waals surface area (Å²) in [5.41, 5.74) is 3.18. The van der Waals surface area contributed by atoms with Crippen LogP contribution in [0.2, 0.25) is 0 Å². The molecule has 2 aromatic heterocycles. The van der Waals surface area contributed by atoms with Gasteiger partial charge in [0, 0.05) is 18.2 Å². The first-order valence-corrected chi connectivity index (χ1v) is 11.4. The molecule has 0 amide bonds. The Morgan fingerprint density at radius 1 is 1.11 bits per heavy atom. The number of benzene rings is 2. The largest absolute Gasteiger partial charge is 0.493 e. The number of carbonyl (C=O) groups is 1. The van der Waals surface area contributed by atoms with Crippen molar-refractivity contribution in [2.45, 2.75) is 6.92 Å². The number of rotatable bonds is 10. The summed E-state index contributed by atoms with van der Waals surface area (Å²) in [4.78, 5) is 39.6. The lowest BCUT2D eigenvalue weighted by molar-refractivity contribution is -0.131. The van der Waals surface area contributed by atoms with Gasteiger partial charge in [-0.2, -0.15) is 0 Å². The molecule has 0 radical (unpaired) electrons. The van der Waals surface area contributed by atoms with E-state index in [2.05, 4.69) is 19.9 Å². The van der Waals surface area contributed by atoms with E-state index in [4.69, 9.17) is 14.6 Å². The van der Waals surface area contributed by atoms with Crippen LogP contribution in [-0.2, 0) is 4.79 Å². The molecule has 0 aliphatic rings. The van der Waals surface area contributed by atoms with E-state index in [1.807, 2.05) is 56.3 Å². The maximum Gasteiger partial charge on any atom is 0.328 e. The second-order valence-electron chi connectivity index (χ2n) is 8.24. The third-order valence-corrected chi connectivity index (χ3v) is 5.36. The van der Waals surface area contributed by atoms with Gasteiger partial charge in [0.15, 0.2) is 11.2 Å². The summed E-state index contributed by atoms with van der Waals surface area (Å²) in [5.74, 6) is 0.515. The van der Waals surface area contributed by atoms with E-state index in [1.165, 1.54) is 12.4 Å². The average Bonchev–Trinajstić information content (AvgIpc) is 3.33. The first-order chi connectivity index (χ1) is 17.4. The third-order valence-electron chi connectivity index (χ3n) is 5.36. The Hall–Kier alpha value is -4.44. The molecule has 0 saturated heterocycles. The molecule has 10 nitrogen and oxygen atoms in total. The minimum absolute atomic E-state index is 0.235. The van der Waals surface area contributed by atoms with E-state index in [9.17, 15) is 9.59 Å². The summed E-state index contributed by atoms with van der Waals surface area (Å²) in [6.45, 7) is 3.49. The molecule has 0 bridgehead atoms. The monoisotopic (exact) mass is 489 g/mol. The van der Waals surface area contributed by atoms with Gasteiger partial charge in [-0.05, 0) is 62.5 Å². The van der Waals surface area contributed by atoms with E-state index in [0.29, 0.717) is 47.3 Å². The van der Waals surface area contributed by atoms with Crippen molar-refractivity contribution in [3.8, 4) is 34.0 Å². The van der Waals surface area contributed by atoms with Crippen LogP contribution in [0.3, 0.4) is 0 Å². The highest BCUT2D eigenvalue weighted by Gasteiger charge is 2.16. The van der Waals surface area contributed by atoms with Crippen LogP contribution in [0.1, 0.15) is 12.5 Å². The SMILES string of the molecule is CCOc1cc(-c2cc(/C=C/C(=O)O)ccc2OCCN(C)C)ccc1-c1nc2[nH]cnc2c(=O)[nH]1. The Balaban J connectivity index is 1.79. The highest BCUT2D eigenvalue weighted by Crippen LogP contribution is 2.37. The molecule has 0 aliphatic heterocycles. The van der Waals surface area contributed by atoms with Gasteiger partial charge in [-0.3, -0.25) is 4.79 Å². The zero-order valence-corrected chi connectivity index (χ0v) is 20.2. The fourth-order valence-electron chi connectivity index (χ4n) is 3.64. The summed E-state index contributed by atoms with van der Waals surface area (Å²) < 4.78 is 12.0. The number of imidazole rings is 1. The second kappa shape index (κ2) is 10.9. The number of aliphatic carboxylic acids is 1. The number of H-pyrrole nitrogens is 2. The molecule has 3 N–H and O–H groups in total. The molecule has 0 unspecified atom stereocenters. The Morgan fingerprint density at radius 2 is 1.94 bits per heavy atom. The number of hydrogen-bond donors (Lipinski definition) is 3. The Labute approximate surface area is 207 Å².